The largest absolute Gasteiger partial charge is 0.465 e. The normalized spacial score (nSPS) is 14.5. The summed E-state index contributed by atoms with van der Waals surface area (Å²) < 4.78 is 8.11. The van der Waals surface area contributed by atoms with Gasteiger partial charge >= 0.3 is 6.09 Å². The van der Waals surface area contributed by atoms with E-state index in [2.05, 4.69) is 11.2 Å². The lowest BCUT2D eigenvalue weighted by molar-refractivity contribution is -0.0328. The van der Waals surface area contributed by atoms with Gasteiger partial charge in [0.1, 0.15) is 17.8 Å². The maximum absolute atomic E-state index is 14.2. The number of fused-ring (bicyclic) bond motifs is 3. The number of carbonyl (C=O) groups is 1. The second-order valence-electron chi connectivity index (χ2n) is 11.6. The van der Waals surface area contributed by atoms with Crippen LogP contribution in [0, 0.1) is 11.3 Å². The van der Waals surface area contributed by atoms with Crippen molar-refractivity contribution in [3.63, 3.8) is 0 Å². The van der Waals surface area contributed by atoms with Gasteiger partial charge in [0.15, 0.2) is 5.58 Å². The molecule has 0 saturated heterocycles. The first-order valence-corrected chi connectivity index (χ1v) is 13.7. The predicted molar refractivity (Wildman–Crippen MR) is 157 cm³/mol. The molecule has 1 amide bonds. The lowest BCUT2D eigenvalue weighted by Gasteiger charge is -2.54. The number of benzene rings is 3. The van der Waals surface area contributed by atoms with Gasteiger partial charge in [-0.05, 0) is 57.2 Å². The van der Waals surface area contributed by atoms with Crippen LogP contribution in [0.1, 0.15) is 45.6 Å². The molecule has 41 heavy (non-hydrogen) atoms. The van der Waals surface area contributed by atoms with E-state index < -0.39 is 17.2 Å². The lowest BCUT2D eigenvalue weighted by atomic mass is 9.69. The van der Waals surface area contributed by atoms with Crippen molar-refractivity contribution in [3.05, 3.63) is 88.7 Å². The number of rotatable bonds is 5. The lowest BCUT2D eigenvalue weighted by Crippen LogP contribution is -2.60. The van der Waals surface area contributed by atoms with E-state index in [9.17, 15) is 20.0 Å². The molecule has 206 valence electrons. The number of amides is 1. The number of hydrogen-bond donors (Lipinski definition) is 1. The van der Waals surface area contributed by atoms with Gasteiger partial charge in [0.2, 0.25) is 5.43 Å². The number of nitriles is 1. The highest BCUT2D eigenvalue weighted by molar-refractivity contribution is 6.04. The fraction of sp³-hybridized carbons (Fsp3) is 0.273. The fourth-order valence-corrected chi connectivity index (χ4v) is 6.27. The van der Waals surface area contributed by atoms with Crippen molar-refractivity contribution in [1.82, 2.24) is 14.7 Å². The Morgan fingerprint density at radius 3 is 2.37 bits per heavy atom. The average molecular weight is 547 g/mol. The van der Waals surface area contributed by atoms with Crippen LogP contribution in [-0.2, 0) is 12.1 Å². The standard InChI is InChI=1S/C33H30N4O4/c1-32(2,3)37(31(39)40)33(16-7-17-33)24-13-10-21(11-14-24)26-28(38)25-15-12-23-20-35-36(19-18-34)27(23)30(25)41-29(26)22-8-5-4-6-9-22/h4-6,8-15,20H,7,16-17,19H2,1-3H3,(H,39,40). The molecule has 8 heteroatoms. The molecule has 1 aliphatic rings. The van der Waals surface area contributed by atoms with E-state index in [1.807, 2.05) is 81.4 Å². The minimum Gasteiger partial charge on any atom is -0.465 e. The summed E-state index contributed by atoms with van der Waals surface area (Å²) in [6.07, 6.45) is 3.16. The highest BCUT2D eigenvalue weighted by Crippen LogP contribution is 2.50. The number of aromatic nitrogens is 2. The van der Waals surface area contributed by atoms with Crippen LogP contribution >= 0.6 is 0 Å². The average Bonchev–Trinajstić information content (AvgIpc) is 3.34. The Labute approximate surface area is 237 Å². The van der Waals surface area contributed by atoms with Gasteiger partial charge in [-0.1, -0.05) is 60.7 Å². The Hall–Kier alpha value is -4.90. The van der Waals surface area contributed by atoms with Crippen molar-refractivity contribution in [1.29, 1.82) is 5.26 Å². The molecule has 0 bridgehead atoms. The summed E-state index contributed by atoms with van der Waals surface area (Å²) in [6, 6.07) is 22.8. The molecule has 0 radical (unpaired) electrons. The Morgan fingerprint density at radius 2 is 1.78 bits per heavy atom. The molecule has 0 unspecified atom stereocenters. The van der Waals surface area contributed by atoms with E-state index in [1.165, 1.54) is 0 Å². The molecule has 2 heterocycles. The summed E-state index contributed by atoms with van der Waals surface area (Å²) >= 11 is 0. The predicted octanol–water partition coefficient (Wildman–Crippen LogP) is 7.16. The first-order valence-electron chi connectivity index (χ1n) is 13.7. The highest BCUT2D eigenvalue weighted by atomic mass is 16.4. The molecule has 5 aromatic rings. The Balaban J connectivity index is 1.56. The second-order valence-corrected chi connectivity index (χ2v) is 11.6. The molecule has 1 fully saturated rings. The van der Waals surface area contributed by atoms with Gasteiger partial charge in [-0.3, -0.25) is 9.69 Å². The SMILES string of the molecule is CC(C)(C)N(C(=O)O)C1(c2ccc(-c3c(-c4ccccc4)oc4c(ccc5cnn(CC#N)c54)c3=O)cc2)CCC1. The summed E-state index contributed by atoms with van der Waals surface area (Å²) in [5.74, 6) is 0.424. The van der Waals surface area contributed by atoms with Gasteiger partial charge in [-0.2, -0.15) is 10.4 Å². The van der Waals surface area contributed by atoms with Crippen LogP contribution in [-0.4, -0.2) is 31.4 Å². The van der Waals surface area contributed by atoms with E-state index >= 15 is 0 Å². The van der Waals surface area contributed by atoms with E-state index in [-0.39, 0.29) is 12.0 Å². The molecule has 3 aromatic carbocycles. The number of carboxylic acid groups (broad SMARTS) is 1. The zero-order valence-electron chi connectivity index (χ0n) is 23.2. The topological polar surface area (TPSA) is 112 Å². The van der Waals surface area contributed by atoms with Crippen LogP contribution < -0.4 is 5.43 Å². The van der Waals surface area contributed by atoms with Crippen LogP contribution in [0.3, 0.4) is 0 Å². The molecular weight excluding hydrogens is 516 g/mol. The molecule has 1 N–H and O–H groups in total. The van der Waals surface area contributed by atoms with Gasteiger partial charge in [0.25, 0.3) is 0 Å². The van der Waals surface area contributed by atoms with Gasteiger partial charge in [0, 0.05) is 16.5 Å². The third kappa shape index (κ3) is 4.16. The zero-order valence-corrected chi connectivity index (χ0v) is 23.2. The molecule has 8 nitrogen and oxygen atoms in total. The van der Waals surface area contributed by atoms with Crippen molar-refractivity contribution < 1.29 is 14.3 Å². The maximum Gasteiger partial charge on any atom is 0.408 e. The third-order valence-corrected chi connectivity index (χ3v) is 8.10. The maximum atomic E-state index is 14.2. The molecule has 1 saturated carbocycles. The highest BCUT2D eigenvalue weighted by Gasteiger charge is 2.50. The van der Waals surface area contributed by atoms with Crippen LogP contribution in [0.15, 0.2) is 82.1 Å². The second kappa shape index (κ2) is 9.63. The Morgan fingerprint density at radius 1 is 1.07 bits per heavy atom. The van der Waals surface area contributed by atoms with Crippen LogP contribution in [0.25, 0.3) is 44.3 Å². The number of hydrogen-bond acceptors (Lipinski definition) is 5. The molecule has 0 atom stereocenters. The zero-order chi connectivity index (χ0) is 28.9. The first-order chi connectivity index (χ1) is 19.7. The van der Waals surface area contributed by atoms with Crippen molar-refractivity contribution in [3.8, 4) is 28.5 Å². The monoisotopic (exact) mass is 546 g/mol. The molecule has 2 aromatic heterocycles. The smallest absolute Gasteiger partial charge is 0.408 e. The van der Waals surface area contributed by atoms with Gasteiger partial charge in [0.05, 0.1) is 28.8 Å². The van der Waals surface area contributed by atoms with E-state index in [1.54, 1.807) is 21.8 Å². The van der Waals surface area contributed by atoms with E-state index in [0.29, 0.717) is 33.4 Å². The first kappa shape index (κ1) is 26.3. The minimum atomic E-state index is -0.940. The number of nitrogens with zero attached hydrogens (tertiary/aromatic N) is 4. The van der Waals surface area contributed by atoms with Crippen LogP contribution in [0.5, 0.6) is 0 Å². The summed E-state index contributed by atoms with van der Waals surface area (Å²) in [5.41, 5.74) is 2.38. The summed E-state index contributed by atoms with van der Waals surface area (Å²) in [7, 11) is 0. The van der Waals surface area contributed by atoms with E-state index in [0.717, 1.165) is 35.8 Å². The van der Waals surface area contributed by atoms with Crippen molar-refractivity contribution in [2.75, 3.05) is 0 Å². The van der Waals surface area contributed by atoms with Crippen molar-refractivity contribution in [2.24, 2.45) is 0 Å². The van der Waals surface area contributed by atoms with Gasteiger partial charge < -0.3 is 9.52 Å². The molecular formula is C33H30N4O4. The summed E-state index contributed by atoms with van der Waals surface area (Å²) in [6.45, 7) is 5.78. The van der Waals surface area contributed by atoms with Crippen molar-refractivity contribution >= 4 is 28.0 Å². The molecule has 1 aliphatic carbocycles. The fourth-order valence-electron chi connectivity index (χ4n) is 6.27. The van der Waals surface area contributed by atoms with Crippen LogP contribution in [0.4, 0.5) is 4.79 Å². The Kier molecular flexibility index (Phi) is 6.18. The summed E-state index contributed by atoms with van der Waals surface area (Å²) in [4.78, 5) is 28.2. The molecule has 0 aliphatic heterocycles. The Bertz CT molecular complexity index is 1890. The summed E-state index contributed by atoms with van der Waals surface area (Å²) in [5, 5.41) is 25.0. The minimum absolute atomic E-state index is 0.0277. The van der Waals surface area contributed by atoms with Crippen LogP contribution in [0.2, 0.25) is 0 Å². The quantitative estimate of drug-likeness (QED) is 0.250. The molecule has 6 rings (SSSR count). The molecule has 0 spiro atoms. The van der Waals surface area contributed by atoms with Crippen molar-refractivity contribution in [2.45, 2.75) is 57.7 Å². The van der Waals surface area contributed by atoms with Gasteiger partial charge in [-0.15, -0.1) is 0 Å². The van der Waals surface area contributed by atoms with Gasteiger partial charge in [-0.25, -0.2) is 9.48 Å². The third-order valence-electron chi connectivity index (χ3n) is 8.10. The van der Waals surface area contributed by atoms with E-state index in [4.69, 9.17) is 4.42 Å².